The molecule has 3 heteroatoms. The molecule has 0 radical (unpaired) electrons. The Hall–Kier alpha value is -1.37. The molecule has 72 valence electrons. The van der Waals surface area contributed by atoms with Crippen LogP contribution >= 0.6 is 0 Å². The molecule has 0 amide bonds. The monoisotopic (exact) mass is 188 g/mol. The summed E-state index contributed by atoms with van der Waals surface area (Å²) in [6.45, 7) is 2.83. The molecule has 1 aromatic rings. The fourth-order valence-electron chi connectivity index (χ4n) is 1.63. The lowest BCUT2D eigenvalue weighted by Crippen LogP contribution is -2.32. The van der Waals surface area contributed by atoms with Gasteiger partial charge in [-0.3, -0.25) is 0 Å². The first-order valence-corrected chi connectivity index (χ1v) is 4.64. The maximum Gasteiger partial charge on any atom is 0.0991 e. The van der Waals surface area contributed by atoms with Gasteiger partial charge in [0.1, 0.15) is 0 Å². The highest BCUT2D eigenvalue weighted by Crippen LogP contribution is 2.28. The van der Waals surface area contributed by atoms with Gasteiger partial charge < -0.3 is 4.84 Å². The van der Waals surface area contributed by atoms with Gasteiger partial charge in [-0.25, -0.2) is 0 Å². The molecular weight excluding hydrogens is 176 g/mol. The molecule has 1 heterocycles. The van der Waals surface area contributed by atoms with Crippen LogP contribution in [0, 0.1) is 11.3 Å². The highest BCUT2D eigenvalue weighted by Gasteiger charge is 2.31. The smallest absolute Gasteiger partial charge is 0.0991 e. The Bertz CT molecular complexity index is 358. The summed E-state index contributed by atoms with van der Waals surface area (Å²) in [7, 11) is 0. The van der Waals surface area contributed by atoms with Crippen molar-refractivity contribution in [3.8, 4) is 6.07 Å². The second-order valence-corrected chi connectivity index (χ2v) is 3.72. The minimum atomic E-state index is -0.103. The minimum Gasteiger partial charge on any atom is -0.301 e. The molecule has 0 bridgehead atoms. The fourth-order valence-corrected chi connectivity index (χ4v) is 1.63. The van der Waals surface area contributed by atoms with Crippen LogP contribution in [0.1, 0.15) is 24.5 Å². The summed E-state index contributed by atoms with van der Waals surface area (Å²) in [4.78, 5) is 5.16. The molecule has 1 fully saturated rings. The topological polar surface area (TPSA) is 45.0 Å². The number of nitrogens with zero attached hydrogens (tertiary/aromatic N) is 1. The van der Waals surface area contributed by atoms with Crippen molar-refractivity contribution in [1.82, 2.24) is 5.48 Å². The van der Waals surface area contributed by atoms with Crippen molar-refractivity contribution < 1.29 is 4.84 Å². The van der Waals surface area contributed by atoms with Gasteiger partial charge in [0.25, 0.3) is 0 Å². The minimum absolute atomic E-state index is 0.103. The molecule has 0 spiro atoms. The van der Waals surface area contributed by atoms with Crippen molar-refractivity contribution >= 4 is 0 Å². The molecule has 2 rings (SSSR count). The van der Waals surface area contributed by atoms with Crippen LogP contribution in [0.2, 0.25) is 0 Å². The number of benzene rings is 1. The molecule has 0 aliphatic carbocycles. The van der Waals surface area contributed by atoms with Crippen LogP contribution in [0.5, 0.6) is 0 Å². The Balaban J connectivity index is 2.29. The number of hydroxylamine groups is 1. The number of nitriles is 1. The van der Waals surface area contributed by atoms with E-state index < -0.39 is 0 Å². The molecule has 14 heavy (non-hydrogen) atoms. The summed E-state index contributed by atoms with van der Waals surface area (Å²) in [5.41, 5.74) is 4.75. The van der Waals surface area contributed by atoms with Gasteiger partial charge in [0.05, 0.1) is 23.8 Å². The van der Waals surface area contributed by atoms with Crippen LogP contribution in [0.3, 0.4) is 0 Å². The second kappa shape index (κ2) is 3.41. The molecule has 0 aromatic heterocycles. The third-order valence-electron chi connectivity index (χ3n) is 2.65. The largest absolute Gasteiger partial charge is 0.301 e. The molecule has 0 saturated carbocycles. The zero-order valence-electron chi connectivity index (χ0n) is 8.08. The van der Waals surface area contributed by atoms with Crippen LogP contribution in [0.25, 0.3) is 0 Å². The van der Waals surface area contributed by atoms with Gasteiger partial charge in [-0.2, -0.15) is 10.7 Å². The molecule has 1 saturated heterocycles. The quantitative estimate of drug-likeness (QED) is 0.729. The van der Waals surface area contributed by atoms with Crippen molar-refractivity contribution in [1.29, 1.82) is 5.26 Å². The van der Waals surface area contributed by atoms with Gasteiger partial charge in [-0.1, -0.05) is 12.1 Å². The lowest BCUT2D eigenvalue weighted by atomic mass is 9.90. The number of nitrogens with one attached hydrogen (secondary N) is 1. The Labute approximate surface area is 83.3 Å². The SMILES string of the molecule is CC1(c2ccc(C#N)cc2)CCON1. The van der Waals surface area contributed by atoms with Gasteiger partial charge in [0.15, 0.2) is 0 Å². The normalized spacial score (nSPS) is 26.0. The van der Waals surface area contributed by atoms with E-state index in [1.165, 1.54) is 0 Å². The molecule has 1 N–H and O–H groups in total. The molecule has 1 unspecified atom stereocenters. The lowest BCUT2D eigenvalue weighted by molar-refractivity contribution is 0.0654. The van der Waals surface area contributed by atoms with Gasteiger partial charge in [-0.15, -0.1) is 0 Å². The Kier molecular flexibility index (Phi) is 2.24. The lowest BCUT2D eigenvalue weighted by Gasteiger charge is -2.22. The summed E-state index contributed by atoms with van der Waals surface area (Å²) in [5, 5.41) is 8.67. The van der Waals surface area contributed by atoms with E-state index in [1.54, 1.807) is 0 Å². The van der Waals surface area contributed by atoms with Crippen molar-refractivity contribution in [2.24, 2.45) is 0 Å². The first kappa shape index (κ1) is 9.20. The van der Waals surface area contributed by atoms with E-state index >= 15 is 0 Å². The van der Waals surface area contributed by atoms with Gasteiger partial charge >= 0.3 is 0 Å². The van der Waals surface area contributed by atoms with Crippen LogP contribution < -0.4 is 5.48 Å². The Morgan fingerprint density at radius 2 is 2.14 bits per heavy atom. The van der Waals surface area contributed by atoms with Gasteiger partial charge in [0, 0.05) is 0 Å². The predicted octanol–water partition coefficient (Wildman–Crippen LogP) is 1.70. The predicted molar refractivity (Wildman–Crippen MR) is 52.2 cm³/mol. The van der Waals surface area contributed by atoms with Gasteiger partial charge in [-0.05, 0) is 31.0 Å². The first-order chi connectivity index (χ1) is 6.74. The number of hydrogen-bond acceptors (Lipinski definition) is 3. The summed E-state index contributed by atoms with van der Waals surface area (Å²) < 4.78 is 0. The summed E-state index contributed by atoms with van der Waals surface area (Å²) >= 11 is 0. The van der Waals surface area contributed by atoms with Crippen LogP contribution in [-0.2, 0) is 10.4 Å². The van der Waals surface area contributed by atoms with E-state index in [9.17, 15) is 0 Å². The molecule has 1 aliphatic heterocycles. The summed E-state index contributed by atoms with van der Waals surface area (Å²) in [6, 6.07) is 9.72. The number of hydrogen-bond donors (Lipinski definition) is 1. The zero-order valence-corrected chi connectivity index (χ0v) is 8.08. The average Bonchev–Trinajstić information content (AvgIpc) is 2.67. The first-order valence-electron chi connectivity index (χ1n) is 4.64. The molecule has 1 aromatic carbocycles. The average molecular weight is 188 g/mol. The molecule has 3 nitrogen and oxygen atoms in total. The van der Waals surface area contributed by atoms with Crippen LogP contribution in [0.4, 0.5) is 0 Å². The molecule has 1 atom stereocenters. The maximum atomic E-state index is 8.67. The highest BCUT2D eigenvalue weighted by atomic mass is 16.7. The van der Waals surface area contributed by atoms with E-state index in [0.29, 0.717) is 5.56 Å². The summed E-state index contributed by atoms with van der Waals surface area (Å²) in [5.74, 6) is 0. The van der Waals surface area contributed by atoms with E-state index in [4.69, 9.17) is 10.1 Å². The van der Waals surface area contributed by atoms with Crippen molar-refractivity contribution in [3.05, 3.63) is 35.4 Å². The van der Waals surface area contributed by atoms with E-state index in [-0.39, 0.29) is 5.54 Å². The maximum absolute atomic E-state index is 8.67. The van der Waals surface area contributed by atoms with Crippen LogP contribution in [0.15, 0.2) is 24.3 Å². The number of rotatable bonds is 1. The molecule has 1 aliphatic rings. The third-order valence-corrected chi connectivity index (χ3v) is 2.65. The van der Waals surface area contributed by atoms with Crippen LogP contribution in [-0.4, -0.2) is 6.61 Å². The van der Waals surface area contributed by atoms with E-state index in [0.717, 1.165) is 18.6 Å². The third kappa shape index (κ3) is 1.50. The zero-order chi connectivity index (χ0) is 10.0. The Morgan fingerprint density at radius 3 is 2.64 bits per heavy atom. The van der Waals surface area contributed by atoms with Crippen molar-refractivity contribution in [2.45, 2.75) is 18.9 Å². The van der Waals surface area contributed by atoms with Crippen molar-refractivity contribution in [3.63, 3.8) is 0 Å². The second-order valence-electron chi connectivity index (χ2n) is 3.72. The summed E-state index contributed by atoms with van der Waals surface area (Å²) in [6.07, 6.45) is 0.957. The van der Waals surface area contributed by atoms with Crippen molar-refractivity contribution in [2.75, 3.05) is 6.61 Å². The molecular formula is C11H12N2O. The highest BCUT2D eigenvalue weighted by molar-refractivity contribution is 5.34. The standard InChI is InChI=1S/C11H12N2O/c1-11(6-7-14-13-11)10-4-2-9(8-12)3-5-10/h2-5,13H,6-7H2,1H3. The van der Waals surface area contributed by atoms with E-state index in [2.05, 4.69) is 18.5 Å². The fraction of sp³-hybridized carbons (Fsp3) is 0.364. The Morgan fingerprint density at radius 1 is 1.43 bits per heavy atom. The van der Waals surface area contributed by atoms with Gasteiger partial charge in [0.2, 0.25) is 0 Å². The van der Waals surface area contributed by atoms with E-state index in [1.807, 2.05) is 24.3 Å².